The van der Waals surface area contributed by atoms with Gasteiger partial charge in [0.25, 0.3) is 0 Å². The van der Waals surface area contributed by atoms with E-state index in [2.05, 4.69) is 41.2 Å². The standard InChI is InChI=1S/C11H16BrNO/c1-8(2)13-7-9-4-5-10(12)6-11(9)14-3/h4-6,8,13H,7H2,1-3H3. The smallest absolute Gasteiger partial charge is 0.124 e. The number of hydrogen-bond donors (Lipinski definition) is 1. The van der Waals surface area contributed by atoms with Crippen molar-refractivity contribution < 1.29 is 4.74 Å². The highest BCUT2D eigenvalue weighted by molar-refractivity contribution is 9.10. The quantitative estimate of drug-likeness (QED) is 0.896. The zero-order valence-corrected chi connectivity index (χ0v) is 10.4. The van der Waals surface area contributed by atoms with Crippen molar-refractivity contribution in [3.05, 3.63) is 28.2 Å². The van der Waals surface area contributed by atoms with Crippen molar-refractivity contribution in [2.24, 2.45) is 0 Å². The Balaban J connectivity index is 2.75. The van der Waals surface area contributed by atoms with Crippen molar-refractivity contribution in [2.75, 3.05) is 7.11 Å². The molecule has 1 N–H and O–H groups in total. The fourth-order valence-electron chi connectivity index (χ4n) is 1.18. The Hall–Kier alpha value is -0.540. The highest BCUT2D eigenvalue weighted by Gasteiger charge is 2.03. The van der Waals surface area contributed by atoms with Crippen LogP contribution in [0.15, 0.2) is 22.7 Å². The molecule has 1 aromatic carbocycles. The first-order valence-corrected chi connectivity index (χ1v) is 5.48. The molecule has 14 heavy (non-hydrogen) atoms. The summed E-state index contributed by atoms with van der Waals surface area (Å²) in [6.45, 7) is 5.10. The molecule has 2 nitrogen and oxygen atoms in total. The molecular formula is C11H16BrNO. The second kappa shape index (κ2) is 5.37. The lowest BCUT2D eigenvalue weighted by Gasteiger charge is -2.11. The first-order valence-electron chi connectivity index (χ1n) is 4.69. The van der Waals surface area contributed by atoms with Crippen molar-refractivity contribution in [1.29, 1.82) is 0 Å². The van der Waals surface area contributed by atoms with Crippen LogP contribution < -0.4 is 10.1 Å². The van der Waals surface area contributed by atoms with E-state index in [0.29, 0.717) is 6.04 Å². The molecule has 0 unspecified atom stereocenters. The van der Waals surface area contributed by atoms with Gasteiger partial charge < -0.3 is 10.1 Å². The predicted octanol–water partition coefficient (Wildman–Crippen LogP) is 2.96. The molecule has 1 aromatic rings. The highest BCUT2D eigenvalue weighted by Crippen LogP contribution is 2.23. The number of hydrogen-bond acceptors (Lipinski definition) is 2. The van der Waals surface area contributed by atoms with E-state index in [-0.39, 0.29) is 0 Å². The van der Waals surface area contributed by atoms with Crippen LogP contribution in [0.5, 0.6) is 5.75 Å². The van der Waals surface area contributed by atoms with Crippen molar-refractivity contribution in [3.8, 4) is 5.75 Å². The van der Waals surface area contributed by atoms with E-state index >= 15 is 0 Å². The average molecular weight is 258 g/mol. The molecule has 0 aliphatic heterocycles. The normalized spacial score (nSPS) is 10.6. The third kappa shape index (κ3) is 3.31. The third-order valence-corrected chi connectivity index (χ3v) is 2.44. The van der Waals surface area contributed by atoms with E-state index in [1.807, 2.05) is 12.1 Å². The molecule has 0 heterocycles. The van der Waals surface area contributed by atoms with Gasteiger partial charge >= 0.3 is 0 Å². The first-order chi connectivity index (χ1) is 6.63. The molecule has 0 aliphatic carbocycles. The van der Waals surface area contributed by atoms with E-state index in [4.69, 9.17) is 4.74 Å². The Kier molecular flexibility index (Phi) is 4.42. The number of methoxy groups -OCH3 is 1. The summed E-state index contributed by atoms with van der Waals surface area (Å²) in [7, 11) is 1.70. The second-order valence-corrected chi connectivity index (χ2v) is 4.41. The molecule has 0 saturated carbocycles. The molecule has 0 spiro atoms. The van der Waals surface area contributed by atoms with Crippen LogP contribution in [0.4, 0.5) is 0 Å². The van der Waals surface area contributed by atoms with Gasteiger partial charge in [-0.3, -0.25) is 0 Å². The molecule has 0 saturated heterocycles. The third-order valence-electron chi connectivity index (χ3n) is 1.95. The maximum Gasteiger partial charge on any atom is 0.124 e. The van der Waals surface area contributed by atoms with Gasteiger partial charge in [0.2, 0.25) is 0 Å². The molecule has 0 aromatic heterocycles. The van der Waals surface area contributed by atoms with Crippen LogP contribution in [0.1, 0.15) is 19.4 Å². The van der Waals surface area contributed by atoms with E-state index in [1.165, 1.54) is 5.56 Å². The molecule has 0 radical (unpaired) electrons. The summed E-state index contributed by atoms with van der Waals surface area (Å²) in [4.78, 5) is 0. The van der Waals surface area contributed by atoms with Crippen LogP contribution in [0, 0.1) is 0 Å². The average Bonchev–Trinajstić information content (AvgIpc) is 2.15. The van der Waals surface area contributed by atoms with Crippen LogP contribution in [0.3, 0.4) is 0 Å². The molecule has 0 amide bonds. The minimum Gasteiger partial charge on any atom is -0.496 e. The molecule has 0 fully saturated rings. The van der Waals surface area contributed by atoms with Gasteiger partial charge in [-0.2, -0.15) is 0 Å². The Morgan fingerprint density at radius 2 is 2.14 bits per heavy atom. The topological polar surface area (TPSA) is 21.3 Å². The molecule has 0 aliphatic rings. The van der Waals surface area contributed by atoms with Crippen LogP contribution in [-0.4, -0.2) is 13.2 Å². The Morgan fingerprint density at radius 3 is 2.71 bits per heavy atom. The number of rotatable bonds is 4. The number of benzene rings is 1. The fraction of sp³-hybridized carbons (Fsp3) is 0.455. The molecule has 0 atom stereocenters. The van der Waals surface area contributed by atoms with Crippen LogP contribution in [-0.2, 0) is 6.54 Å². The predicted molar refractivity (Wildman–Crippen MR) is 62.7 cm³/mol. The maximum atomic E-state index is 5.29. The van der Waals surface area contributed by atoms with E-state index in [1.54, 1.807) is 7.11 Å². The maximum absolute atomic E-state index is 5.29. The Labute approximate surface area is 93.8 Å². The van der Waals surface area contributed by atoms with Gasteiger partial charge in [0.15, 0.2) is 0 Å². The lowest BCUT2D eigenvalue weighted by Crippen LogP contribution is -2.22. The SMILES string of the molecule is COc1cc(Br)ccc1CNC(C)C. The van der Waals surface area contributed by atoms with E-state index < -0.39 is 0 Å². The Morgan fingerprint density at radius 1 is 1.43 bits per heavy atom. The highest BCUT2D eigenvalue weighted by atomic mass is 79.9. The minimum absolute atomic E-state index is 0.489. The molecule has 78 valence electrons. The molecule has 3 heteroatoms. The van der Waals surface area contributed by atoms with Crippen molar-refractivity contribution in [2.45, 2.75) is 26.4 Å². The van der Waals surface area contributed by atoms with Gasteiger partial charge in [0.05, 0.1) is 7.11 Å². The summed E-state index contributed by atoms with van der Waals surface area (Å²) in [6, 6.07) is 6.57. The lowest BCUT2D eigenvalue weighted by atomic mass is 10.2. The van der Waals surface area contributed by atoms with Gasteiger partial charge in [-0.25, -0.2) is 0 Å². The van der Waals surface area contributed by atoms with E-state index in [9.17, 15) is 0 Å². The number of ether oxygens (including phenoxy) is 1. The molecular weight excluding hydrogens is 242 g/mol. The summed E-state index contributed by atoms with van der Waals surface area (Å²) in [5.41, 5.74) is 1.18. The molecule has 0 bridgehead atoms. The minimum atomic E-state index is 0.489. The van der Waals surface area contributed by atoms with Crippen molar-refractivity contribution >= 4 is 15.9 Å². The number of nitrogens with one attached hydrogen (secondary N) is 1. The largest absolute Gasteiger partial charge is 0.496 e. The Bertz CT molecular complexity index is 299. The van der Waals surface area contributed by atoms with Gasteiger partial charge in [-0.15, -0.1) is 0 Å². The summed E-state index contributed by atoms with van der Waals surface area (Å²) >= 11 is 3.42. The zero-order valence-electron chi connectivity index (χ0n) is 8.80. The van der Waals surface area contributed by atoms with Gasteiger partial charge in [0.1, 0.15) is 5.75 Å². The van der Waals surface area contributed by atoms with E-state index in [0.717, 1.165) is 16.8 Å². The fourth-order valence-corrected chi connectivity index (χ4v) is 1.52. The summed E-state index contributed by atoms with van der Waals surface area (Å²) < 4.78 is 6.33. The van der Waals surface area contributed by atoms with Crippen LogP contribution in [0.2, 0.25) is 0 Å². The van der Waals surface area contributed by atoms with Crippen molar-refractivity contribution in [3.63, 3.8) is 0 Å². The van der Waals surface area contributed by atoms with Crippen LogP contribution in [0.25, 0.3) is 0 Å². The van der Waals surface area contributed by atoms with Crippen LogP contribution >= 0.6 is 15.9 Å². The lowest BCUT2D eigenvalue weighted by molar-refractivity contribution is 0.406. The van der Waals surface area contributed by atoms with Gasteiger partial charge in [-0.1, -0.05) is 35.8 Å². The van der Waals surface area contributed by atoms with Crippen molar-refractivity contribution in [1.82, 2.24) is 5.32 Å². The number of halogens is 1. The summed E-state index contributed by atoms with van der Waals surface area (Å²) in [5, 5.41) is 3.36. The summed E-state index contributed by atoms with van der Waals surface area (Å²) in [6.07, 6.45) is 0. The monoisotopic (exact) mass is 257 g/mol. The first kappa shape index (κ1) is 11.5. The zero-order chi connectivity index (χ0) is 10.6. The summed E-state index contributed by atoms with van der Waals surface area (Å²) in [5.74, 6) is 0.924. The van der Waals surface area contributed by atoms with Gasteiger partial charge in [-0.05, 0) is 12.1 Å². The molecule has 1 rings (SSSR count). The second-order valence-electron chi connectivity index (χ2n) is 3.49. The van der Waals surface area contributed by atoms with Gasteiger partial charge in [0, 0.05) is 22.6 Å².